The topological polar surface area (TPSA) is 127 Å². The highest BCUT2D eigenvalue weighted by Gasteiger charge is 2.38. The highest BCUT2D eigenvalue weighted by atomic mass is 79.9. The van der Waals surface area contributed by atoms with E-state index in [1.807, 2.05) is 0 Å². The van der Waals surface area contributed by atoms with Crippen LogP contribution in [0, 0.1) is 6.92 Å². The highest BCUT2D eigenvalue weighted by molar-refractivity contribution is 9.10. The minimum Gasteiger partial charge on any atom is -0.475 e. The molecule has 2 aromatic heterocycles. The number of fused-ring (bicyclic) bond motifs is 2. The molecule has 2 heterocycles. The fourth-order valence-electron chi connectivity index (χ4n) is 4.63. The average Bonchev–Trinajstić information content (AvgIpc) is 3.34. The molecule has 1 fully saturated rings. The first-order valence-electron chi connectivity index (χ1n) is 13.3. The number of para-hydroxylation sites is 1. The summed E-state index contributed by atoms with van der Waals surface area (Å²) >= 11 is 3.58. The van der Waals surface area contributed by atoms with Crippen LogP contribution in [0.1, 0.15) is 36.8 Å². The van der Waals surface area contributed by atoms with Crippen LogP contribution in [0.3, 0.4) is 0 Å². The lowest BCUT2D eigenvalue weighted by Crippen LogP contribution is -2.36. The zero-order valence-corrected chi connectivity index (χ0v) is 24.8. The summed E-state index contributed by atoms with van der Waals surface area (Å²) in [4.78, 5) is 26.0. The van der Waals surface area contributed by atoms with Gasteiger partial charge in [-0.1, -0.05) is 34.1 Å². The van der Waals surface area contributed by atoms with Crippen LogP contribution in [0.4, 0.5) is 32.2 Å². The number of carbonyl (C=O) groups is 2. The Morgan fingerprint density at radius 1 is 0.909 bits per heavy atom. The second-order valence-corrected chi connectivity index (χ2v) is 10.9. The predicted octanol–water partition coefficient (Wildman–Crippen LogP) is 7.57. The third kappa shape index (κ3) is 10.1. The normalized spacial score (nSPS) is 16.8. The van der Waals surface area contributed by atoms with E-state index in [0.717, 1.165) is 22.4 Å². The Labute approximate surface area is 256 Å². The van der Waals surface area contributed by atoms with Crippen molar-refractivity contribution >= 4 is 55.5 Å². The van der Waals surface area contributed by atoms with E-state index >= 15 is 0 Å². The summed E-state index contributed by atoms with van der Waals surface area (Å²) in [6, 6.07) is 18.0. The summed E-state index contributed by atoms with van der Waals surface area (Å²) in [5, 5.41) is 24.2. The fraction of sp³-hybridized carbons (Fsp3) is 0.345. The number of hydrogen-bond acceptors (Lipinski definition) is 5. The van der Waals surface area contributed by atoms with Crippen LogP contribution in [-0.2, 0) is 16.1 Å². The molecule has 8 nitrogen and oxygen atoms in total. The van der Waals surface area contributed by atoms with Gasteiger partial charge in [0, 0.05) is 45.6 Å². The van der Waals surface area contributed by atoms with Crippen molar-refractivity contribution in [1.82, 2.24) is 15.3 Å². The molecule has 4 aromatic rings. The number of aliphatic carboxylic acids is 2. The van der Waals surface area contributed by atoms with Crippen molar-refractivity contribution in [2.75, 3.05) is 5.32 Å². The number of H-pyrrole nitrogens is 1. The van der Waals surface area contributed by atoms with E-state index < -0.39 is 24.3 Å². The van der Waals surface area contributed by atoms with Crippen LogP contribution in [0.5, 0.6) is 0 Å². The molecule has 2 aromatic carbocycles. The SMILES string of the molecule is Cc1cc(NC2CCC(NCc3c[nH]c4ccc(Br)cc34)CC2)nc2ccccc12.O=C(O)C(F)(F)F.O=C(O)C(F)(F)F. The molecule has 0 saturated heterocycles. The van der Waals surface area contributed by atoms with Crippen molar-refractivity contribution < 1.29 is 46.1 Å². The third-order valence-corrected chi connectivity index (χ3v) is 7.29. The van der Waals surface area contributed by atoms with Crippen LogP contribution in [-0.4, -0.2) is 56.6 Å². The first-order valence-corrected chi connectivity index (χ1v) is 14.1. The maximum Gasteiger partial charge on any atom is 0.490 e. The number of carboxylic acid groups (broad SMARTS) is 2. The molecule has 1 saturated carbocycles. The lowest BCUT2D eigenvalue weighted by Gasteiger charge is -2.30. The number of carboxylic acids is 2. The molecule has 44 heavy (non-hydrogen) atoms. The minimum absolute atomic E-state index is 0.500. The van der Waals surface area contributed by atoms with Gasteiger partial charge in [0.1, 0.15) is 5.82 Å². The molecule has 238 valence electrons. The molecule has 1 aliphatic carbocycles. The first-order chi connectivity index (χ1) is 20.5. The van der Waals surface area contributed by atoms with E-state index in [9.17, 15) is 26.3 Å². The summed E-state index contributed by atoms with van der Waals surface area (Å²) in [7, 11) is 0. The minimum atomic E-state index is -5.08. The van der Waals surface area contributed by atoms with Crippen molar-refractivity contribution in [2.24, 2.45) is 0 Å². The van der Waals surface area contributed by atoms with Crippen molar-refractivity contribution in [3.05, 3.63) is 70.3 Å². The second kappa shape index (κ2) is 14.8. The van der Waals surface area contributed by atoms with Gasteiger partial charge >= 0.3 is 24.3 Å². The smallest absolute Gasteiger partial charge is 0.475 e. The number of alkyl halides is 6. The van der Waals surface area contributed by atoms with Gasteiger partial charge in [0.2, 0.25) is 0 Å². The van der Waals surface area contributed by atoms with E-state index in [-0.39, 0.29) is 0 Å². The molecule has 0 unspecified atom stereocenters. The van der Waals surface area contributed by atoms with Crippen molar-refractivity contribution in [1.29, 1.82) is 0 Å². The molecule has 15 heteroatoms. The number of rotatable bonds is 5. The van der Waals surface area contributed by atoms with Gasteiger partial charge in [-0.2, -0.15) is 26.3 Å². The number of nitrogens with one attached hydrogen (secondary N) is 3. The molecule has 5 rings (SSSR count). The lowest BCUT2D eigenvalue weighted by molar-refractivity contribution is -0.193. The molecule has 0 aliphatic heterocycles. The van der Waals surface area contributed by atoms with E-state index in [1.54, 1.807) is 0 Å². The fourth-order valence-corrected chi connectivity index (χ4v) is 4.99. The van der Waals surface area contributed by atoms with Crippen LogP contribution < -0.4 is 10.6 Å². The first kappa shape index (κ1) is 34.6. The molecule has 0 radical (unpaired) electrons. The van der Waals surface area contributed by atoms with Crippen molar-refractivity contribution in [3.8, 4) is 0 Å². The van der Waals surface area contributed by atoms with Gasteiger partial charge in [0.25, 0.3) is 0 Å². The average molecular weight is 691 g/mol. The van der Waals surface area contributed by atoms with E-state index in [0.29, 0.717) is 12.1 Å². The third-order valence-electron chi connectivity index (χ3n) is 6.80. The molecule has 1 aliphatic rings. The van der Waals surface area contributed by atoms with Gasteiger partial charge < -0.3 is 25.8 Å². The largest absolute Gasteiger partial charge is 0.490 e. The number of halogens is 7. The predicted molar refractivity (Wildman–Crippen MR) is 156 cm³/mol. The van der Waals surface area contributed by atoms with Crippen molar-refractivity contribution in [3.63, 3.8) is 0 Å². The Balaban J connectivity index is 0.000000317. The van der Waals surface area contributed by atoms with Gasteiger partial charge in [0.05, 0.1) is 5.52 Å². The van der Waals surface area contributed by atoms with Gasteiger partial charge in [-0.15, -0.1) is 0 Å². The molecule has 0 atom stereocenters. The number of anilines is 1. The molecular formula is C29H29BrF6N4O4. The highest BCUT2D eigenvalue weighted by Crippen LogP contribution is 2.26. The monoisotopic (exact) mass is 690 g/mol. The van der Waals surface area contributed by atoms with Crippen LogP contribution in [0.15, 0.2) is 59.2 Å². The molecule has 0 amide bonds. The Morgan fingerprint density at radius 3 is 2.07 bits per heavy atom. The van der Waals surface area contributed by atoms with Crippen LogP contribution in [0.25, 0.3) is 21.8 Å². The summed E-state index contributed by atoms with van der Waals surface area (Å²) in [6.45, 7) is 3.07. The Bertz CT molecular complexity index is 1560. The van der Waals surface area contributed by atoms with Crippen LogP contribution in [0.2, 0.25) is 0 Å². The van der Waals surface area contributed by atoms with Gasteiger partial charge in [0.15, 0.2) is 0 Å². The molecule has 0 bridgehead atoms. The van der Waals surface area contributed by atoms with Crippen LogP contribution >= 0.6 is 15.9 Å². The number of nitrogens with zero attached hydrogens (tertiary/aromatic N) is 1. The van der Waals surface area contributed by atoms with E-state index in [1.165, 1.54) is 53.1 Å². The van der Waals surface area contributed by atoms with Gasteiger partial charge in [-0.05, 0) is 74.1 Å². The number of aromatic nitrogens is 2. The quantitative estimate of drug-likeness (QED) is 0.137. The molecule has 0 spiro atoms. The number of aromatic amines is 1. The Hall–Kier alpha value is -3.85. The molecular weight excluding hydrogens is 662 g/mol. The number of hydrogen-bond donors (Lipinski definition) is 5. The van der Waals surface area contributed by atoms with Crippen molar-refractivity contribution in [2.45, 2.75) is 63.6 Å². The van der Waals surface area contributed by atoms with E-state index in [2.05, 4.69) is 93.2 Å². The molecule has 5 N–H and O–H groups in total. The maximum atomic E-state index is 10.6. The zero-order valence-electron chi connectivity index (χ0n) is 23.2. The van der Waals surface area contributed by atoms with Gasteiger partial charge in [-0.3, -0.25) is 0 Å². The number of pyridine rings is 1. The summed E-state index contributed by atoms with van der Waals surface area (Å²) < 4.78 is 64.6. The summed E-state index contributed by atoms with van der Waals surface area (Å²) in [5.74, 6) is -4.51. The maximum absolute atomic E-state index is 10.6. The standard InChI is InChI=1S/C25H27BrN4.2C2HF3O2/c1-16-12-25(30-24-5-3-2-4-21(16)24)29-20-9-7-19(8-10-20)27-14-17-15-28-23-11-6-18(26)13-22(17)23;2*3-2(4,5)1(6)7/h2-6,11-13,15,19-20,27-28H,7-10,14H2,1H3,(H,29,30);2*(H,6,7). The Kier molecular flexibility index (Phi) is 11.6. The van der Waals surface area contributed by atoms with Gasteiger partial charge in [-0.25, -0.2) is 14.6 Å². The zero-order chi connectivity index (χ0) is 32.7. The lowest BCUT2D eigenvalue weighted by atomic mass is 9.91. The Morgan fingerprint density at radius 2 is 1.48 bits per heavy atom. The second-order valence-electron chi connectivity index (χ2n) is 10.0. The number of aryl methyl sites for hydroxylation is 1. The van der Waals surface area contributed by atoms with E-state index in [4.69, 9.17) is 24.8 Å². The number of benzene rings is 2. The summed E-state index contributed by atoms with van der Waals surface area (Å²) in [5.41, 5.74) is 4.88. The summed E-state index contributed by atoms with van der Waals surface area (Å²) in [6.07, 6.45) is -3.31.